The van der Waals surface area contributed by atoms with E-state index in [4.69, 9.17) is 0 Å². The first-order valence-corrected chi connectivity index (χ1v) is 7.58. The van der Waals surface area contributed by atoms with Gasteiger partial charge in [0, 0.05) is 25.2 Å². The summed E-state index contributed by atoms with van der Waals surface area (Å²) < 4.78 is 52.5. The third-order valence-corrected chi connectivity index (χ3v) is 5.20. The van der Waals surface area contributed by atoms with Crippen LogP contribution in [0.15, 0.2) is 23.1 Å². The van der Waals surface area contributed by atoms with Crippen molar-refractivity contribution < 1.29 is 17.2 Å². The van der Waals surface area contributed by atoms with Gasteiger partial charge in [-0.25, -0.2) is 17.2 Å². The van der Waals surface area contributed by atoms with Crippen LogP contribution in [0.1, 0.15) is 13.3 Å². The number of hydrogen-bond donors (Lipinski definition) is 1. The van der Waals surface area contributed by atoms with E-state index in [1.807, 2.05) is 0 Å². The normalized spacial score (nSPS) is 20.1. The summed E-state index contributed by atoms with van der Waals surface area (Å²) in [4.78, 5) is -0.334. The predicted octanol–water partition coefficient (Wildman–Crippen LogP) is 1.34. The highest BCUT2D eigenvalue weighted by Gasteiger charge is 2.32. The third-order valence-electron chi connectivity index (χ3n) is 3.20. The fourth-order valence-corrected chi connectivity index (χ4v) is 4.03. The number of hydrogen-bond acceptors (Lipinski definition) is 3. The van der Waals surface area contributed by atoms with Gasteiger partial charge in [-0.1, -0.05) is 6.92 Å². The van der Waals surface area contributed by atoms with Crippen LogP contribution in [0.4, 0.5) is 8.78 Å². The van der Waals surface area contributed by atoms with Crippen molar-refractivity contribution in [2.75, 3.05) is 19.6 Å². The average molecular weight is 290 g/mol. The van der Waals surface area contributed by atoms with Gasteiger partial charge in [-0.3, -0.25) is 0 Å². The van der Waals surface area contributed by atoms with Crippen LogP contribution in [0, 0.1) is 11.6 Å². The van der Waals surface area contributed by atoms with Crippen LogP contribution in [0.2, 0.25) is 0 Å². The summed E-state index contributed by atoms with van der Waals surface area (Å²) in [5.74, 6) is -1.78. The van der Waals surface area contributed by atoms with Crippen LogP contribution >= 0.6 is 0 Å². The van der Waals surface area contributed by atoms with Crippen molar-refractivity contribution in [3.8, 4) is 0 Å². The zero-order valence-electron chi connectivity index (χ0n) is 10.6. The molecule has 0 saturated carbocycles. The fourth-order valence-electron chi connectivity index (χ4n) is 2.32. The number of nitrogens with zero attached hydrogens (tertiary/aromatic N) is 1. The molecule has 1 aromatic carbocycles. The van der Waals surface area contributed by atoms with E-state index >= 15 is 0 Å². The maximum Gasteiger partial charge on any atom is 0.243 e. The van der Waals surface area contributed by atoms with E-state index in [0.717, 1.165) is 18.7 Å². The van der Waals surface area contributed by atoms with Gasteiger partial charge in [-0.05, 0) is 25.1 Å². The van der Waals surface area contributed by atoms with E-state index in [1.54, 1.807) is 6.92 Å². The van der Waals surface area contributed by atoms with E-state index in [9.17, 15) is 17.2 Å². The van der Waals surface area contributed by atoms with E-state index in [-0.39, 0.29) is 17.5 Å². The predicted molar refractivity (Wildman–Crippen MR) is 67.2 cm³/mol. The molecule has 1 aromatic rings. The molecule has 1 N–H and O–H groups in total. The van der Waals surface area contributed by atoms with E-state index < -0.39 is 21.7 Å². The summed E-state index contributed by atoms with van der Waals surface area (Å²) in [6, 6.07) is 2.20. The molecule has 7 heteroatoms. The lowest BCUT2D eigenvalue weighted by atomic mass is 10.3. The molecule has 1 aliphatic rings. The molecule has 0 aromatic heterocycles. The van der Waals surface area contributed by atoms with Crippen LogP contribution in [-0.2, 0) is 10.0 Å². The Morgan fingerprint density at radius 1 is 1.32 bits per heavy atom. The summed E-state index contributed by atoms with van der Waals surface area (Å²) in [5, 5.41) is 3.08. The highest BCUT2D eigenvalue weighted by Crippen LogP contribution is 2.22. The number of nitrogens with one attached hydrogen (secondary N) is 1. The van der Waals surface area contributed by atoms with Gasteiger partial charge in [0.05, 0.1) is 4.90 Å². The Kier molecular flexibility index (Phi) is 4.17. The first kappa shape index (κ1) is 14.4. The maximum atomic E-state index is 13.2. The largest absolute Gasteiger partial charge is 0.315 e. The minimum Gasteiger partial charge on any atom is -0.315 e. The molecule has 1 unspecified atom stereocenters. The monoisotopic (exact) mass is 290 g/mol. The average Bonchev–Trinajstić information content (AvgIpc) is 2.82. The van der Waals surface area contributed by atoms with Crippen LogP contribution in [0.3, 0.4) is 0 Å². The van der Waals surface area contributed by atoms with Crippen molar-refractivity contribution in [2.45, 2.75) is 24.3 Å². The summed E-state index contributed by atoms with van der Waals surface area (Å²) >= 11 is 0. The zero-order valence-corrected chi connectivity index (χ0v) is 11.4. The van der Waals surface area contributed by atoms with Crippen molar-refractivity contribution in [1.82, 2.24) is 9.62 Å². The van der Waals surface area contributed by atoms with Crippen molar-refractivity contribution in [3.63, 3.8) is 0 Å². The fraction of sp³-hybridized carbons (Fsp3) is 0.500. The second-order valence-electron chi connectivity index (χ2n) is 4.46. The quantitative estimate of drug-likeness (QED) is 0.910. The van der Waals surface area contributed by atoms with Crippen molar-refractivity contribution in [2.24, 2.45) is 0 Å². The molecule has 19 heavy (non-hydrogen) atoms. The SMILES string of the molecule is CCN(C1CCNC1)S(=O)(=O)c1cc(F)cc(F)c1. The Balaban J connectivity index is 2.39. The molecule has 106 valence electrons. The molecule has 0 aliphatic carbocycles. The van der Waals surface area contributed by atoms with E-state index in [1.165, 1.54) is 4.31 Å². The second-order valence-corrected chi connectivity index (χ2v) is 6.35. The molecule has 1 fully saturated rings. The van der Waals surface area contributed by atoms with Gasteiger partial charge in [-0.2, -0.15) is 4.31 Å². The molecule has 1 saturated heterocycles. The van der Waals surface area contributed by atoms with Crippen LogP contribution in [0.5, 0.6) is 0 Å². The highest BCUT2D eigenvalue weighted by molar-refractivity contribution is 7.89. The molecule has 1 heterocycles. The number of likely N-dealkylation sites (N-methyl/N-ethyl adjacent to an activating group) is 1. The lowest BCUT2D eigenvalue weighted by molar-refractivity contribution is 0.348. The van der Waals surface area contributed by atoms with Gasteiger partial charge in [0.15, 0.2) is 0 Å². The molecule has 1 aliphatic heterocycles. The Morgan fingerprint density at radius 3 is 2.42 bits per heavy atom. The van der Waals surface area contributed by atoms with Gasteiger partial charge >= 0.3 is 0 Å². The Morgan fingerprint density at radius 2 is 1.95 bits per heavy atom. The standard InChI is InChI=1S/C12H16F2N2O2S/c1-2-16(11-3-4-15-8-11)19(17,18)12-6-9(13)5-10(14)7-12/h5-7,11,15H,2-4,8H2,1H3. The lowest BCUT2D eigenvalue weighted by Gasteiger charge is -2.26. The molecular weight excluding hydrogens is 274 g/mol. The molecule has 0 radical (unpaired) electrons. The zero-order chi connectivity index (χ0) is 14.0. The molecule has 0 bridgehead atoms. The van der Waals surface area contributed by atoms with Gasteiger partial charge in [0.25, 0.3) is 0 Å². The number of benzene rings is 1. The van der Waals surface area contributed by atoms with Gasteiger partial charge in [-0.15, -0.1) is 0 Å². The van der Waals surface area contributed by atoms with Crippen LogP contribution < -0.4 is 5.32 Å². The Bertz CT molecular complexity index is 537. The van der Waals surface area contributed by atoms with E-state index in [0.29, 0.717) is 19.0 Å². The third kappa shape index (κ3) is 2.93. The Hall–Kier alpha value is -1.05. The van der Waals surface area contributed by atoms with Gasteiger partial charge in [0.2, 0.25) is 10.0 Å². The van der Waals surface area contributed by atoms with Crippen molar-refractivity contribution in [1.29, 1.82) is 0 Å². The summed E-state index contributed by atoms with van der Waals surface area (Å²) in [6.45, 7) is 3.29. The smallest absolute Gasteiger partial charge is 0.243 e. The number of sulfonamides is 1. The summed E-state index contributed by atoms with van der Waals surface area (Å²) in [7, 11) is -3.87. The number of rotatable bonds is 4. The molecule has 0 amide bonds. The van der Waals surface area contributed by atoms with Crippen molar-refractivity contribution in [3.05, 3.63) is 29.8 Å². The Labute approximate surface area is 111 Å². The first-order valence-electron chi connectivity index (χ1n) is 6.14. The van der Waals surface area contributed by atoms with Crippen LogP contribution in [0.25, 0.3) is 0 Å². The molecule has 0 spiro atoms. The lowest BCUT2D eigenvalue weighted by Crippen LogP contribution is -2.41. The molecule has 1 atom stereocenters. The van der Waals surface area contributed by atoms with Crippen molar-refractivity contribution >= 4 is 10.0 Å². The number of halogens is 2. The minimum atomic E-state index is -3.87. The topological polar surface area (TPSA) is 49.4 Å². The van der Waals surface area contributed by atoms with Gasteiger partial charge in [0.1, 0.15) is 11.6 Å². The minimum absolute atomic E-state index is 0.165. The van der Waals surface area contributed by atoms with Crippen LogP contribution in [-0.4, -0.2) is 38.4 Å². The molecular formula is C12H16F2N2O2S. The first-order chi connectivity index (χ1) is 8.95. The maximum absolute atomic E-state index is 13.2. The summed E-state index contributed by atoms with van der Waals surface area (Å²) in [6.07, 6.45) is 0.699. The van der Waals surface area contributed by atoms with Gasteiger partial charge < -0.3 is 5.32 Å². The second kappa shape index (κ2) is 5.52. The molecule has 2 rings (SSSR count). The molecule has 4 nitrogen and oxygen atoms in total. The van der Waals surface area contributed by atoms with E-state index in [2.05, 4.69) is 5.32 Å². The summed E-state index contributed by atoms with van der Waals surface area (Å²) in [5.41, 5.74) is 0. The highest BCUT2D eigenvalue weighted by atomic mass is 32.2.